The third-order valence-electron chi connectivity index (χ3n) is 3.86. The van der Waals surface area contributed by atoms with E-state index in [1.165, 1.54) is 17.7 Å². The molecule has 0 fully saturated rings. The van der Waals surface area contributed by atoms with Crippen molar-refractivity contribution in [2.75, 3.05) is 11.4 Å². The third kappa shape index (κ3) is 2.89. The van der Waals surface area contributed by atoms with E-state index in [0.29, 0.717) is 6.04 Å². The Balaban J connectivity index is 1.73. The molecule has 1 N–H and O–H groups in total. The van der Waals surface area contributed by atoms with Gasteiger partial charge in [-0.25, -0.2) is 0 Å². The first-order valence-electron chi connectivity index (χ1n) is 7.35. The minimum Gasteiger partial charge on any atom is -0.366 e. The van der Waals surface area contributed by atoms with Crippen LogP contribution in [0.4, 0.5) is 5.69 Å². The van der Waals surface area contributed by atoms with Crippen molar-refractivity contribution in [2.24, 2.45) is 0 Å². The van der Waals surface area contributed by atoms with Crippen LogP contribution < -0.4 is 10.2 Å². The summed E-state index contributed by atoms with van der Waals surface area (Å²) in [6, 6.07) is 11.3. The molecule has 1 aromatic heterocycles. The molecule has 0 radical (unpaired) electrons. The van der Waals surface area contributed by atoms with Gasteiger partial charge in [0, 0.05) is 29.7 Å². The predicted octanol–water partition coefficient (Wildman–Crippen LogP) is 3.81. The summed E-state index contributed by atoms with van der Waals surface area (Å²) in [5.74, 6) is 0. The quantitative estimate of drug-likeness (QED) is 0.919. The number of hydrogen-bond donors (Lipinski definition) is 1. The number of fused-ring (bicyclic) bond motifs is 1. The van der Waals surface area contributed by atoms with Gasteiger partial charge < -0.3 is 10.2 Å². The molecule has 0 saturated carbocycles. The summed E-state index contributed by atoms with van der Waals surface area (Å²) in [6.45, 7) is 7.61. The van der Waals surface area contributed by atoms with E-state index in [4.69, 9.17) is 0 Å². The standard InChI is InChI=1S/C17H22N2S/c1-13(2)18-10-14-12-20-17-11-19(9-8-16(14)17)15-6-4-3-5-7-15/h3-7,12-13,18H,8-11H2,1-2H3. The molecule has 20 heavy (non-hydrogen) atoms. The Morgan fingerprint density at radius 3 is 2.80 bits per heavy atom. The van der Waals surface area contributed by atoms with Gasteiger partial charge in [0.05, 0.1) is 6.54 Å². The lowest BCUT2D eigenvalue weighted by molar-refractivity contribution is 0.585. The van der Waals surface area contributed by atoms with Gasteiger partial charge in [-0.05, 0) is 35.1 Å². The molecule has 2 aromatic rings. The first-order valence-corrected chi connectivity index (χ1v) is 8.23. The summed E-state index contributed by atoms with van der Waals surface area (Å²) in [4.78, 5) is 4.03. The van der Waals surface area contributed by atoms with Crippen LogP contribution in [0.3, 0.4) is 0 Å². The molecule has 2 nitrogen and oxygen atoms in total. The van der Waals surface area contributed by atoms with Crippen molar-refractivity contribution in [1.82, 2.24) is 5.32 Å². The number of nitrogens with one attached hydrogen (secondary N) is 1. The lowest BCUT2D eigenvalue weighted by Gasteiger charge is -2.29. The van der Waals surface area contributed by atoms with E-state index in [2.05, 4.69) is 59.8 Å². The van der Waals surface area contributed by atoms with Gasteiger partial charge in [-0.2, -0.15) is 0 Å². The van der Waals surface area contributed by atoms with Crippen LogP contribution in [0.25, 0.3) is 0 Å². The fourth-order valence-electron chi connectivity index (χ4n) is 2.72. The van der Waals surface area contributed by atoms with Crippen LogP contribution in [0.5, 0.6) is 0 Å². The molecule has 0 aliphatic carbocycles. The first kappa shape index (κ1) is 13.7. The molecule has 1 aromatic carbocycles. The van der Waals surface area contributed by atoms with Crippen molar-refractivity contribution in [3.63, 3.8) is 0 Å². The number of nitrogens with zero attached hydrogens (tertiary/aromatic N) is 1. The topological polar surface area (TPSA) is 15.3 Å². The zero-order chi connectivity index (χ0) is 13.9. The molecule has 0 unspecified atom stereocenters. The largest absolute Gasteiger partial charge is 0.366 e. The minimum atomic E-state index is 0.551. The summed E-state index contributed by atoms with van der Waals surface area (Å²) in [5, 5.41) is 5.88. The molecule has 3 heteroatoms. The summed E-state index contributed by atoms with van der Waals surface area (Å²) in [6.07, 6.45) is 1.17. The van der Waals surface area contributed by atoms with Gasteiger partial charge in [0.15, 0.2) is 0 Å². The van der Waals surface area contributed by atoms with Crippen molar-refractivity contribution in [2.45, 2.75) is 39.4 Å². The lowest BCUT2D eigenvalue weighted by atomic mass is 10.0. The fraction of sp³-hybridized carbons (Fsp3) is 0.412. The molecule has 0 spiro atoms. The molecule has 0 atom stereocenters. The zero-order valence-electron chi connectivity index (χ0n) is 12.2. The maximum atomic E-state index is 3.53. The van der Waals surface area contributed by atoms with Gasteiger partial charge in [-0.1, -0.05) is 32.0 Å². The number of anilines is 1. The number of hydrogen-bond acceptors (Lipinski definition) is 3. The van der Waals surface area contributed by atoms with Crippen molar-refractivity contribution < 1.29 is 0 Å². The predicted molar refractivity (Wildman–Crippen MR) is 87.5 cm³/mol. The van der Waals surface area contributed by atoms with Crippen LogP contribution >= 0.6 is 11.3 Å². The van der Waals surface area contributed by atoms with E-state index in [1.807, 2.05) is 11.3 Å². The van der Waals surface area contributed by atoms with E-state index in [-0.39, 0.29) is 0 Å². The van der Waals surface area contributed by atoms with E-state index >= 15 is 0 Å². The van der Waals surface area contributed by atoms with E-state index in [9.17, 15) is 0 Å². The van der Waals surface area contributed by atoms with Gasteiger partial charge in [0.1, 0.15) is 0 Å². The molecule has 0 bridgehead atoms. The van der Waals surface area contributed by atoms with Crippen molar-refractivity contribution >= 4 is 17.0 Å². The van der Waals surface area contributed by atoms with Gasteiger partial charge >= 0.3 is 0 Å². The Morgan fingerprint density at radius 2 is 2.05 bits per heavy atom. The van der Waals surface area contributed by atoms with Crippen molar-refractivity contribution in [3.05, 3.63) is 51.7 Å². The molecule has 1 aliphatic heterocycles. The van der Waals surface area contributed by atoms with Crippen LogP contribution in [0.2, 0.25) is 0 Å². The summed E-state index contributed by atoms with van der Waals surface area (Å²) < 4.78 is 0. The van der Waals surface area contributed by atoms with Crippen LogP contribution in [0.1, 0.15) is 29.9 Å². The highest BCUT2D eigenvalue weighted by Crippen LogP contribution is 2.31. The van der Waals surface area contributed by atoms with E-state index in [1.54, 1.807) is 10.4 Å². The third-order valence-corrected chi connectivity index (χ3v) is 4.92. The number of para-hydroxylation sites is 1. The lowest BCUT2D eigenvalue weighted by Crippen LogP contribution is -2.30. The molecule has 3 rings (SSSR count). The van der Waals surface area contributed by atoms with Crippen LogP contribution in [-0.4, -0.2) is 12.6 Å². The van der Waals surface area contributed by atoms with Gasteiger partial charge in [-0.3, -0.25) is 0 Å². The first-order chi connectivity index (χ1) is 9.74. The van der Waals surface area contributed by atoms with Crippen LogP contribution in [-0.2, 0) is 19.5 Å². The summed E-state index contributed by atoms with van der Waals surface area (Å²) in [5.41, 5.74) is 4.44. The molecule has 1 aliphatic rings. The smallest absolute Gasteiger partial charge is 0.0525 e. The second-order valence-corrected chi connectivity index (χ2v) is 6.67. The Bertz CT molecular complexity index is 560. The summed E-state index contributed by atoms with van der Waals surface area (Å²) >= 11 is 1.92. The molecule has 0 amide bonds. The monoisotopic (exact) mass is 286 g/mol. The highest BCUT2D eigenvalue weighted by molar-refractivity contribution is 7.10. The van der Waals surface area contributed by atoms with Gasteiger partial charge in [0.25, 0.3) is 0 Å². The maximum absolute atomic E-state index is 3.53. The fourth-order valence-corrected chi connectivity index (χ4v) is 3.83. The normalized spacial score (nSPS) is 14.7. The second kappa shape index (κ2) is 5.98. The SMILES string of the molecule is CC(C)NCc1csc2c1CCN(c1ccccc1)C2. The Kier molecular flexibility index (Phi) is 4.08. The average Bonchev–Trinajstić information content (AvgIpc) is 2.88. The second-order valence-electron chi connectivity index (χ2n) is 5.71. The highest BCUT2D eigenvalue weighted by atomic mass is 32.1. The Labute approximate surface area is 125 Å². The average molecular weight is 286 g/mol. The minimum absolute atomic E-state index is 0.551. The van der Waals surface area contributed by atoms with E-state index < -0.39 is 0 Å². The van der Waals surface area contributed by atoms with Gasteiger partial charge in [0.2, 0.25) is 0 Å². The van der Waals surface area contributed by atoms with Gasteiger partial charge in [-0.15, -0.1) is 11.3 Å². The number of rotatable bonds is 4. The van der Waals surface area contributed by atoms with Crippen molar-refractivity contribution in [1.29, 1.82) is 0 Å². The van der Waals surface area contributed by atoms with Crippen LogP contribution in [0.15, 0.2) is 35.7 Å². The Hall–Kier alpha value is -1.32. The molecule has 0 saturated heterocycles. The molecular formula is C17H22N2S. The highest BCUT2D eigenvalue weighted by Gasteiger charge is 2.20. The number of benzene rings is 1. The number of thiophene rings is 1. The van der Waals surface area contributed by atoms with Crippen LogP contribution in [0, 0.1) is 0 Å². The Morgan fingerprint density at radius 1 is 1.25 bits per heavy atom. The maximum Gasteiger partial charge on any atom is 0.0525 e. The molecule has 2 heterocycles. The van der Waals surface area contributed by atoms with Crippen molar-refractivity contribution in [3.8, 4) is 0 Å². The molecular weight excluding hydrogens is 264 g/mol. The summed E-state index contributed by atoms with van der Waals surface area (Å²) in [7, 11) is 0. The molecule has 106 valence electrons. The van der Waals surface area contributed by atoms with E-state index in [0.717, 1.165) is 19.6 Å². The zero-order valence-corrected chi connectivity index (χ0v) is 13.0.